The molecule has 0 saturated carbocycles. The van der Waals surface area contributed by atoms with Crippen LogP contribution in [0.1, 0.15) is 0 Å². The normalized spacial score (nSPS) is 9.00. The molecule has 0 aliphatic heterocycles. The van der Waals surface area contributed by atoms with Gasteiger partial charge in [0.25, 0.3) is 0 Å². The minimum absolute atomic E-state index is 3.86. The van der Waals surface area contributed by atoms with Crippen LogP contribution >= 0.6 is 12.1 Å². The summed E-state index contributed by atoms with van der Waals surface area (Å²) < 4.78 is 29.1. The molecule has 4 heavy (non-hydrogen) atoms. The highest BCUT2D eigenvalue weighted by atomic mass is 32.3. The van der Waals surface area contributed by atoms with Gasteiger partial charge in [-0.25, -0.2) is 0 Å². The largest absolute Gasteiger partial charge is 0.324 e. The van der Waals surface area contributed by atoms with E-state index >= 15 is 0 Å². The van der Waals surface area contributed by atoms with Crippen LogP contribution in [0, 0.1) is 0 Å². The Bertz CT molecular complexity index is 8.00. The zero-order chi connectivity index (χ0) is 3.58. The van der Waals surface area contributed by atoms with E-state index in [9.17, 15) is 11.7 Å². The molecule has 0 bridgehead atoms. The van der Waals surface area contributed by atoms with Crippen LogP contribution in [-0.2, 0) is 0 Å². The van der Waals surface area contributed by atoms with Gasteiger partial charge in [0.2, 0.25) is 0 Å². The molecule has 0 aliphatic carbocycles. The van der Waals surface area contributed by atoms with Crippen LogP contribution in [-0.4, -0.2) is 0 Å². The van der Waals surface area contributed by atoms with Gasteiger partial charge in [-0.15, -0.1) is 11.7 Å². The predicted molar refractivity (Wildman–Crippen MR) is 10.9 cm³/mol. The molecule has 0 heterocycles. The Kier molecular flexibility index (Phi) is 1.51. The molecule has 0 rings (SSSR count). The van der Waals surface area contributed by atoms with E-state index in [1.165, 1.54) is 0 Å². The van der Waals surface area contributed by atoms with E-state index in [1.807, 2.05) is 0 Å². The van der Waals surface area contributed by atoms with Crippen molar-refractivity contribution in [1.82, 2.24) is 0 Å². The minimum atomic E-state index is -3.86. The first-order valence-corrected chi connectivity index (χ1v) is 1.39. The zero-order valence-corrected chi connectivity index (χ0v) is 2.36. The van der Waals surface area contributed by atoms with Gasteiger partial charge in [0.05, 0.1) is 0 Å². The fourth-order valence-electron chi connectivity index (χ4n) is 0. The summed E-state index contributed by atoms with van der Waals surface area (Å²) in [7, 11) is 0. The van der Waals surface area contributed by atoms with Crippen molar-refractivity contribution in [2.75, 3.05) is 0 Å². The lowest BCUT2D eigenvalue weighted by molar-refractivity contribution is 0.676. The van der Waals surface area contributed by atoms with E-state index in [0.29, 0.717) is 0 Å². The number of rotatable bonds is 0. The molecule has 0 amide bonds. The molecule has 0 aromatic carbocycles. The Morgan fingerprint density at radius 3 is 1.00 bits per heavy atom. The van der Waals surface area contributed by atoms with E-state index in [0.717, 1.165) is 0 Å². The summed E-state index contributed by atoms with van der Waals surface area (Å²) in [6.45, 7) is 0. The Morgan fingerprint density at radius 2 is 1.00 bits per heavy atom. The summed E-state index contributed by atoms with van der Waals surface area (Å²) in [5, 5.41) is 0. The van der Waals surface area contributed by atoms with Gasteiger partial charge < -0.3 is 0 Å². The van der Waals surface area contributed by atoms with Crippen molar-refractivity contribution in [1.29, 1.82) is 0 Å². The number of hydrogen-bond acceptors (Lipinski definition) is 0. The van der Waals surface area contributed by atoms with Crippen LogP contribution in [0.3, 0.4) is 0 Å². The first kappa shape index (κ1) is 4.14. The molecule has 0 spiro atoms. The maximum Gasteiger partial charge on any atom is 0.324 e. The van der Waals surface area contributed by atoms with Crippen molar-refractivity contribution in [2.24, 2.45) is 0 Å². The van der Waals surface area contributed by atoms with Gasteiger partial charge in [-0.2, -0.15) is 0 Å². The molecule has 0 aromatic rings. The summed E-state index contributed by atoms with van der Waals surface area (Å²) in [6, 6.07) is 0. The van der Waals surface area contributed by atoms with Crippen molar-refractivity contribution in [3.05, 3.63) is 0 Å². The Balaban J connectivity index is 2.32. The number of hydrogen-bond donors (Lipinski definition) is 0. The molecular formula is F3S. The van der Waals surface area contributed by atoms with Crippen LogP contribution in [0.2, 0.25) is 0 Å². The third kappa shape index (κ3) is 142. The van der Waals surface area contributed by atoms with Gasteiger partial charge in [0, 0.05) is 0 Å². The van der Waals surface area contributed by atoms with Crippen LogP contribution in [0.5, 0.6) is 0 Å². The lowest BCUT2D eigenvalue weighted by atomic mass is 18.8. The first-order chi connectivity index (χ1) is 1.73. The Hall–Kier alpha value is 0.140. The Morgan fingerprint density at radius 1 is 1.00 bits per heavy atom. The van der Waals surface area contributed by atoms with E-state index in [-0.39, 0.29) is 0 Å². The second-order valence-corrected chi connectivity index (χ2v) is 0.525. The highest BCUT2D eigenvalue weighted by Gasteiger charge is 1.85. The van der Waals surface area contributed by atoms with Crippen molar-refractivity contribution >= 4 is 12.1 Å². The van der Waals surface area contributed by atoms with E-state index in [1.54, 1.807) is 0 Å². The smallest absolute Gasteiger partial charge is 0.108 e. The summed E-state index contributed by atoms with van der Waals surface area (Å²) in [4.78, 5) is 0. The summed E-state index contributed by atoms with van der Waals surface area (Å²) in [5.74, 6) is 0. The molecular weight excluding hydrogens is 89.1 g/mol. The van der Waals surface area contributed by atoms with Gasteiger partial charge >= 0.3 is 12.1 Å². The van der Waals surface area contributed by atoms with E-state index in [4.69, 9.17) is 0 Å². The first-order valence-electron chi connectivity index (χ1n) is 0.463. The topological polar surface area (TPSA) is 0 Å². The van der Waals surface area contributed by atoms with Crippen LogP contribution in [0.4, 0.5) is 11.7 Å². The molecule has 4 heteroatoms. The molecule has 0 atom stereocenters. The highest BCUT2D eigenvalue weighted by Crippen LogP contribution is 2.27. The average molecular weight is 89.1 g/mol. The fourth-order valence-corrected chi connectivity index (χ4v) is 0. The summed E-state index contributed by atoms with van der Waals surface area (Å²) in [5.41, 5.74) is 0. The average Bonchev–Trinajstić information content (AvgIpc) is 0.811. The van der Waals surface area contributed by atoms with Crippen LogP contribution in [0.15, 0.2) is 0 Å². The molecule has 0 N–H and O–H groups in total. The predicted octanol–water partition coefficient (Wildman–Crippen LogP) is 1.91. The summed E-state index contributed by atoms with van der Waals surface area (Å²) in [6.07, 6.45) is 0. The third-order valence-corrected chi connectivity index (χ3v) is 0. The monoisotopic (exact) mass is 89.0 g/mol. The highest BCUT2D eigenvalue weighted by molar-refractivity contribution is 8.02. The molecule has 0 unspecified atom stereocenters. The minimum Gasteiger partial charge on any atom is -0.108 e. The van der Waals surface area contributed by atoms with Crippen molar-refractivity contribution in [2.45, 2.75) is 0 Å². The lowest BCUT2D eigenvalue weighted by Gasteiger charge is -1.64. The second kappa shape index (κ2) is 1.46. The van der Waals surface area contributed by atoms with E-state index < -0.39 is 12.1 Å². The molecule has 27 valence electrons. The second-order valence-electron chi connectivity index (χ2n) is 0.175. The Labute approximate surface area is 24.8 Å². The molecule has 1 radical (unpaired) electrons. The SMILES string of the molecule is F[S](F)F. The summed E-state index contributed by atoms with van der Waals surface area (Å²) >= 11 is -3.86. The van der Waals surface area contributed by atoms with Gasteiger partial charge in [0.1, 0.15) is 0 Å². The van der Waals surface area contributed by atoms with Gasteiger partial charge in [-0.3, -0.25) is 0 Å². The van der Waals surface area contributed by atoms with Crippen molar-refractivity contribution in [3.63, 3.8) is 0 Å². The molecule has 0 saturated heterocycles. The van der Waals surface area contributed by atoms with Gasteiger partial charge in [0.15, 0.2) is 0 Å². The molecule has 0 aromatic heterocycles. The van der Waals surface area contributed by atoms with Crippen molar-refractivity contribution < 1.29 is 11.7 Å². The van der Waals surface area contributed by atoms with Crippen LogP contribution in [0.25, 0.3) is 0 Å². The molecule has 0 fully saturated rings. The maximum absolute atomic E-state index is 9.69. The van der Waals surface area contributed by atoms with Gasteiger partial charge in [-0.1, -0.05) is 0 Å². The third-order valence-electron chi connectivity index (χ3n) is 0. The van der Waals surface area contributed by atoms with Gasteiger partial charge in [-0.05, 0) is 0 Å². The maximum atomic E-state index is 9.69. The fraction of sp³-hybridized carbons (Fsp3) is 0. The number of halogens is 3. The molecule has 0 nitrogen and oxygen atoms in total. The quantitative estimate of drug-likeness (QED) is 0.425. The van der Waals surface area contributed by atoms with E-state index in [2.05, 4.69) is 0 Å². The standard InChI is InChI=1S/F3S/c1-4(2)3. The molecule has 0 aliphatic rings. The van der Waals surface area contributed by atoms with Crippen molar-refractivity contribution in [3.8, 4) is 0 Å². The lowest BCUT2D eigenvalue weighted by Crippen LogP contribution is -1.20. The zero-order valence-electron chi connectivity index (χ0n) is 1.54. The van der Waals surface area contributed by atoms with Crippen LogP contribution < -0.4 is 0 Å².